The zero-order chi connectivity index (χ0) is 18.8. The van der Waals surface area contributed by atoms with Crippen molar-refractivity contribution in [3.63, 3.8) is 0 Å². The Morgan fingerprint density at radius 3 is 2.70 bits per heavy atom. The average Bonchev–Trinajstić information content (AvgIpc) is 3.09. The van der Waals surface area contributed by atoms with Gasteiger partial charge in [0.1, 0.15) is 0 Å². The number of Topliss-reactive ketones (excluding diaryl/α,β-unsaturated/α-hetero) is 1. The molecule has 1 fully saturated rings. The van der Waals surface area contributed by atoms with Crippen LogP contribution >= 0.6 is 11.3 Å². The van der Waals surface area contributed by atoms with Crippen molar-refractivity contribution in [2.24, 2.45) is 0 Å². The van der Waals surface area contributed by atoms with E-state index < -0.39 is 0 Å². The van der Waals surface area contributed by atoms with E-state index in [0.717, 1.165) is 58.2 Å². The van der Waals surface area contributed by atoms with Crippen molar-refractivity contribution in [1.82, 2.24) is 25.0 Å². The number of fused-ring (bicyclic) bond motifs is 1. The Kier molecular flexibility index (Phi) is 5.24. The van der Waals surface area contributed by atoms with Gasteiger partial charge < -0.3 is 4.90 Å². The molecule has 0 atom stereocenters. The molecule has 7 heteroatoms. The third-order valence-electron chi connectivity index (χ3n) is 4.92. The molecule has 1 aliphatic rings. The van der Waals surface area contributed by atoms with E-state index in [2.05, 4.69) is 38.1 Å². The Hall–Kier alpha value is -2.22. The summed E-state index contributed by atoms with van der Waals surface area (Å²) >= 11 is 1.67. The van der Waals surface area contributed by atoms with Crippen LogP contribution in [0.4, 0.5) is 0 Å². The molecule has 0 radical (unpaired) electrons. The van der Waals surface area contributed by atoms with Crippen molar-refractivity contribution in [3.05, 3.63) is 41.2 Å². The van der Waals surface area contributed by atoms with Gasteiger partial charge in [0, 0.05) is 37.8 Å². The maximum absolute atomic E-state index is 12.5. The Balaban J connectivity index is 1.48. The average molecular weight is 382 g/mol. The number of rotatable bonds is 5. The first-order chi connectivity index (χ1) is 13.1. The predicted molar refractivity (Wildman–Crippen MR) is 108 cm³/mol. The van der Waals surface area contributed by atoms with Gasteiger partial charge in [0.25, 0.3) is 0 Å². The van der Waals surface area contributed by atoms with E-state index in [1.807, 2.05) is 31.3 Å². The van der Waals surface area contributed by atoms with Crippen molar-refractivity contribution in [1.29, 1.82) is 0 Å². The Labute approximate surface area is 162 Å². The molecule has 3 heterocycles. The number of carbonyl (C=O) groups is 1. The first-order valence-corrected chi connectivity index (χ1v) is 10.0. The first-order valence-electron chi connectivity index (χ1n) is 9.18. The van der Waals surface area contributed by atoms with Gasteiger partial charge in [-0.3, -0.25) is 9.69 Å². The quantitative estimate of drug-likeness (QED) is 0.676. The van der Waals surface area contributed by atoms with Gasteiger partial charge in [0.15, 0.2) is 5.78 Å². The Morgan fingerprint density at radius 1 is 1.15 bits per heavy atom. The molecule has 0 saturated carbocycles. The molecule has 0 bridgehead atoms. The summed E-state index contributed by atoms with van der Waals surface area (Å²) in [7, 11) is 2.12. The molecule has 27 heavy (non-hydrogen) atoms. The summed E-state index contributed by atoms with van der Waals surface area (Å²) in [4.78, 5) is 22.4. The number of aryl methyl sites for hydroxylation is 1. The Bertz CT molecular complexity index is 962. The van der Waals surface area contributed by atoms with Crippen molar-refractivity contribution >= 4 is 28.0 Å². The normalized spacial score (nSPS) is 16.1. The highest BCUT2D eigenvalue weighted by Gasteiger charge is 2.17. The molecule has 0 aliphatic carbocycles. The molecule has 0 N–H and O–H groups in total. The van der Waals surface area contributed by atoms with Crippen molar-refractivity contribution in [3.8, 4) is 10.4 Å². The van der Waals surface area contributed by atoms with E-state index >= 15 is 0 Å². The van der Waals surface area contributed by atoms with E-state index in [1.165, 1.54) is 0 Å². The topological polar surface area (TPSA) is 62.2 Å². The van der Waals surface area contributed by atoms with Crippen LogP contribution in [0.25, 0.3) is 21.3 Å². The molecule has 0 unspecified atom stereocenters. The third kappa shape index (κ3) is 4.37. The van der Waals surface area contributed by atoms with Gasteiger partial charge in [0.2, 0.25) is 0 Å². The fraction of sp³-hybridized carbons (Fsp3) is 0.400. The molecule has 1 aromatic carbocycles. The fourth-order valence-electron chi connectivity index (χ4n) is 3.34. The summed E-state index contributed by atoms with van der Waals surface area (Å²) in [5.41, 5.74) is 2.70. The van der Waals surface area contributed by atoms with Crippen molar-refractivity contribution < 1.29 is 4.79 Å². The van der Waals surface area contributed by atoms with Gasteiger partial charge in [-0.15, -0.1) is 11.3 Å². The number of benzene rings is 1. The van der Waals surface area contributed by atoms with Crippen LogP contribution in [0.5, 0.6) is 0 Å². The molecule has 1 aliphatic heterocycles. The van der Waals surface area contributed by atoms with Crippen molar-refractivity contribution in [2.75, 3.05) is 39.8 Å². The molecule has 3 aromatic rings. The summed E-state index contributed by atoms with van der Waals surface area (Å²) < 4.78 is 0. The molecule has 4 rings (SSSR count). The van der Waals surface area contributed by atoms with Crippen LogP contribution in [0, 0.1) is 6.92 Å². The highest BCUT2D eigenvalue weighted by molar-refractivity contribution is 7.15. The number of nitrogens with zero attached hydrogens (tertiary/aromatic N) is 5. The molecule has 6 nitrogen and oxygen atoms in total. The SMILES string of the molecule is Cc1ncc(-c2ccc3nnc(CC(=O)CN4CCN(C)CC4)cc3c2)s1. The second-order valence-electron chi connectivity index (χ2n) is 7.15. The van der Waals surface area contributed by atoms with Crippen LogP contribution in [0.15, 0.2) is 30.5 Å². The minimum atomic E-state index is 0.197. The smallest absolute Gasteiger partial charge is 0.152 e. The minimum Gasteiger partial charge on any atom is -0.304 e. The number of piperazine rings is 1. The Morgan fingerprint density at radius 2 is 1.96 bits per heavy atom. The lowest BCUT2D eigenvalue weighted by Crippen LogP contribution is -2.46. The summed E-state index contributed by atoms with van der Waals surface area (Å²) in [6.07, 6.45) is 2.23. The van der Waals surface area contributed by atoms with E-state index in [1.54, 1.807) is 11.3 Å². The number of ketones is 1. The molecule has 140 valence electrons. The maximum Gasteiger partial charge on any atom is 0.152 e. The molecular weight excluding hydrogens is 358 g/mol. The van der Waals surface area contributed by atoms with E-state index in [4.69, 9.17) is 0 Å². The zero-order valence-electron chi connectivity index (χ0n) is 15.7. The van der Waals surface area contributed by atoms with Gasteiger partial charge in [-0.05, 0) is 37.7 Å². The number of hydrogen-bond acceptors (Lipinski definition) is 7. The van der Waals surface area contributed by atoms with Crippen LogP contribution < -0.4 is 0 Å². The number of carbonyl (C=O) groups excluding carboxylic acids is 1. The monoisotopic (exact) mass is 381 g/mol. The molecule has 0 amide bonds. The fourth-order valence-corrected chi connectivity index (χ4v) is 4.11. The highest BCUT2D eigenvalue weighted by Crippen LogP contribution is 2.28. The lowest BCUT2D eigenvalue weighted by Gasteiger charge is -2.31. The molecule has 2 aromatic heterocycles. The molecular formula is C20H23N5OS. The van der Waals surface area contributed by atoms with Crippen LogP contribution in [-0.4, -0.2) is 70.5 Å². The van der Waals surface area contributed by atoms with E-state index in [9.17, 15) is 4.79 Å². The van der Waals surface area contributed by atoms with Crippen LogP contribution in [0.2, 0.25) is 0 Å². The van der Waals surface area contributed by atoms with Crippen LogP contribution in [-0.2, 0) is 11.2 Å². The minimum absolute atomic E-state index is 0.197. The second kappa shape index (κ2) is 7.80. The van der Waals surface area contributed by atoms with E-state index in [0.29, 0.717) is 13.0 Å². The predicted octanol–water partition coefficient (Wildman–Crippen LogP) is 2.42. The second-order valence-corrected chi connectivity index (χ2v) is 8.38. The largest absolute Gasteiger partial charge is 0.304 e. The van der Waals surface area contributed by atoms with Gasteiger partial charge >= 0.3 is 0 Å². The summed E-state index contributed by atoms with van der Waals surface area (Å²) in [6.45, 7) is 6.43. The lowest BCUT2D eigenvalue weighted by molar-refractivity contribution is -0.120. The number of thiazole rings is 1. The van der Waals surface area contributed by atoms with Crippen molar-refractivity contribution in [2.45, 2.75) is 13.3 Å². The summed E-state index contributed by atoms with van der Waals surface area (Å²) in [5, 5.41) is 10.6. The third-order valence-corrected chi connectivity index (χ3v) is 5.88. The summed E-state index contributed by atoms with van der Waals surface area (Å²) in [5.74, 6) is 0.197. The lowest BCUT2D eigenvalue weighted by atomic mass is 10.1. The molecule has 0 spiro atoms. The number of hydrogen-bond donors (Lipinski definition) is 0. The van der Waals surface area contributed by atoms with Gasteiger partial charge in [-0.1, -0.05) is 6.07 Å². The highest BCUT2D eigenvalue weighted by atomic mass is 32.1. The number of likely N-dealkylation sites (N-methyl/N-ethyl adjacent to an activating group) is 1. The van der Waals surface area contributed by atoms with Crippen LogP contribution in [0.1, 0.15) is 10.7 Å². The number of aromatic nitrogens is 3. The zero-order valence-corrected chi connectivity index (χ0v) is 16.5. The molecule has 1 saturated heterocycles. The maximum atomic E-state index is 12.5. The summed E-state index contributed by atoms with van der Waals surface area (Å²) in [6, 6.07) is 8.11. The van der Waals surface area contributed by atoms with Crippen LogP contribution in [0.3, 0.4) is 0 Å². The van der Waals surface area contributed by atoms with Gasteiger partial charge in [-0.2, -0.15) is 10.2 Å². The first kappa shape index (κ1) is 18.2. The standard InChI is InChI=1S/C20H23N5OS/c1-14-21-12-20(27-14)15-3-4-19-16(9-15)10-17(22-23-19)11-18(26)13-25-7-5-24(2)6-8-25/h3-4,9-10,12H,5-8,11,13H2,1-2H3. The van der Waals surface area contributed by atoms with Gasteiger partial charge in [0.05, 0.1) is 34.1 Å². The van der Waals surface area contributed by atoms with Gasteiger partial charge in [-0.25, -0.2) is 4.98 Å². The van der Waals surface area contributed by atoms with E-state index in [-0.39, 0.29) is 5.78 Å².